The van der Waals surface area contributed by atoms with Crippen LogP contribution in [0.5, 0.6) is 0 Å². The van der Waals surface area contributed by atoms with Gasteiger partial charge in [0.15, 0.2) is 0 Å². The van der Waals surface area contributed by atoms with Crippen LogP contribution in [0.25, 0.3) is 16.5 Å². The van der Waals surface area contributed by atoms with Gasteiger partial charge in [-0.05, 0) is 49.1 Å². The zero-order valence-electron chi connectivity index (χ0n) is 17.5. The van der Waals surface area contributed by atoms with Gasteiger partial charge in [0.1, 0.15) is 6.33 Å². The Kier molecular flexibility index (Phi) is 4.87. The SMILES string of the molecule is CCN(CC)C(=O)[C@@H]1C=C2c3cccc4[nH]cc(c34)C[C@H]2N(Cc2ccncn2)C1. The van der Waals surface area contributed by atoms with Gasteiger partial charge in [0, 0.05) is 55.5 Å². The van der Waals surface area contributed by atoms with E-state index in [1.54, 1.807) is 12.5 Å². The molecule has 1 aliphatic carbocycles. The maximum atomic E-state index is 13.3. The van der Waals surface area contributed by atoms with E-state index in [-0.39, 0.29) is 17.9 Å². The third-order valence-electron chi connectivity index (χ3n) is 6.52. The van der Waals surface area contributed by atoms with Crippen LogP contribution in [-0.2, 0) is 17.8 Å². The number of rotatable bonds is 5. The molecule has 30 heavy (non-hydrogen) atoms. The van der Waals surface area contributed by atoms with Crippen LogP contribution >= 0.6 is 0 Å². The van der Waals surface area contributed by atoms with E-state index in [2.05, 4.69) is 50.3 Å². The van der Waals surface area contributed by atoms with Crippen LogP contribution in [0.3, 0.4) is 0 Å². The van der Waals surface area contributed by atoms with Crippen molar-refractivity contribution in [2.75, 3.05) is 19.6 Å². The van der Waals surface area contributed by atoms with Crippen molar-refractivity contribution in [3.05, 3.63) is 65.9 Å². The first kappa shape index (κ1) is 19.0. The fraction of sp³-hybridized carbons (Fsp3) is 0.375. The zero-order chi connectivity index (χ0) is 20.7. The topological polar surface area (TPSA) is 65.1 Å². The van der Waals surface area contributed by atoms with Crippen LogP contribution in [0.4, 0.5) is 0 Å². The van der Waals surface area contributed by atoms with E-state index in [9.17, 15) is 4.79 Å². The first-order valence-electron chi connectivity index (χ1n) is 10.8. The highest BCUT2D eigenvalue weighted by Gasteiger charge is 2.38. The number of hydrogen-bond acceptors (Lipinski definition) is 4. The average molecular weight is 402 g/mol. The van der Waals surface area contributed by atoms with E-state index in [0.29, 0.717) is 13.1 Å². The molecular formula is C24H27N5O. The van der Waals surface area contributed by atoms with Crippen molar-refractivity contribution in [2.24, 2.45) is 5.92 Å². The number of nitrogens with one attached hydrogen (secondary N) is 1. The van der Waals surface area contributed by atoms with Crippen LogP contribution in [0.2, 0.25) is 0 Å². The molecular weight excluding hydrogens is 374 g/mol. The molecule has 2 aliphatic rings. The summed E-state index contributed by atoms with van der Waals surface area (Å²) in [6, 6.07) is 8.64. The predicted molar refractivity (Wildman–Crippen MR) is 118 cm³/mol. The van der Waals surface area contributed by atoms with E-state index in [4.69, 9.17) is 0 Å². The molecule has 2 atom stereocenters. The van der Waals surface area contributed by atoms with Crippen LogP contribution in [0.1, 0.15) is 30.7 Å². The molecule has 2 aromatic heterocycles. The number of fused-ring (bicyclic) bond motifs is 2. The van der Waals surface area contributed by atoms with Crippen LogP contribution in [0, 0.1) is 5.92 Å². The van der Waals surface area contributed by atoms with Crippen molar-refractivity contribution in [3.8, 4) is 0 Å². The Morgan fingerprint density at radius 2 is 2.13 bits per heavy atom. The monoisotopic (exact) mass is 401 g/mol. The van der Waals surface area contributed by atoms with Gasteiger partial charge < -0.3 is 9.88 Å². The number of benzene rings is 1. The Balaban J connectivity index is 1.58. The molecule has 0 fully saturated rings. The highest BCUT2D eigenvalue weighted by Crippen LogP contribution is 2.41. The minimum atomic E-state index is -0.145. The van der Waals surface area contributed by atoms with E-state index < -0.39 is 0 Å². The number of aromatic amines is 1. The van der Waals surface area contributed by atoms with Gasteiger partial charge in [-0.1, -0.05) is 18.2 Å². The molecule has 0 spiro atoms. The van der Waals surface area contributed by atoms with Crippen molar-refractivity contribution in [1.29, 1.82) is 0 Å². The maximum absolute atomic E-state index is 13.3. The second kappa shape index (κ2) is 7.69. The van der Waals surface area contributed by atoms with Gasteiger partial charge in [-0.15, -0.1) is 0 Å². The first-order valence-corrected chi connectivity index (χ1v) is 10.8. The van der Waals surface area contributed by atoms with E-state index in [1.165, 1.54) is 27.6 Å². The van der Waals surface area contributed by atoms with Gasteiger partial charge in [-0.2, -0.15) is 0 Å². The summed E-state index contributed by atoms with van der Waals surface area (Å²) < 4.78 is 0. The standard InChI is InChI=1S/C24H27N5O/c1-3-28(4-2)24(30)17-10-20-19-6-5-7-21-23(19)16(12-26-21)11-22(20)29(13-17)14-18-8-9-25-15-27-18/h5-10,12,15,17,22,26H,3-4,11,13-14H2,1-2H3/t17-,22-/m1/s1. The Labute approximate surface area is 176 Å². The van der Waals surface area contributed by atoms with E-state index >= 15 is 0 Å². The minimum absolute atomic E-state index is 0.145. The summed E-state index contributed by atoms with van der Waals surface area (Å²) in [6.45, 7) is 6.99. The Morgan fingerprint density at radius 1 is 1.27 bits per heavy atom. The normalized spacial score (nSPS) is 20.7. The fourth-order valence-electron chi connectivity index (χ4n) is 5.04. The summed E-state index contributed by atoms with van der Waals surface area (Å²) in [5.41, 5.74) is 6.03. The molecule has 1 aromatic carbocycles. The van der Waals surface area contributed by atoms with E-state index in [1.807, 2.05) is 24.8 Å². The quantitative estimate of drug-likeness (QED) is 0.713. The summed E-state index contributed by atoms with van der Waals surface area (Å²) in [5.74, 6) is 0.0689. The maximum Gasteiger partial charge on any atom is 0.230 e. The summed E-state index contributed by atoms with van der Waals surface area (Å²) in [5, 5.41) is 1.30. The summed E-state index contributed by atoms with van der Waals surface area (Å²) >= 11 is 0. The number of carbonyl (C=O) groups excluding carboxylic acids is 1. The largest absolute Gasteiger partial charge is 0.361 e. The summed E-state index contributed by atoms with van der Waals surface area (Å²) in [6.07, 6.45) is 8.71. The van der Waals surface area contributed by atoms with Gasteiger partial charge in [0.05, 0.1) is 11.6 Å². The molecule has 0 radical (unpaired) electrons. The van der Waals surface area contributed by atoms with Gasteiger partial charge in [-0.3, -0.25) is 9.69 Å². The second-order valence-corrected chi connectivity index (χ2v) is 8.13. The number of aromatic nitrogens is 3. The molecule has 6 nitrogen and oxygen atoms in total. The highest BCUT2D eigenvalue weighted by atomic mass is 16.2. The van der Waals surface area contributed by atoms with Crippen LogP contribution < -0.4 is 0 Å². The van der Waals surface area contributed by atoms with Crippen LogP contribution in [-0.4, -0.2) is 56.3 Å². The molecule has 3 aromatic rings. The molecule has 0 saturated heterocycles. The van der Waals surface area contributed by atoms with Gasteiger partial charge >= 0.3 is 0 Å². The zero-order valence-corrected chi connectivity index (χ0v) is 17.5. The molecule has 1 amide bonds. The molecule has 5 rings (SSSR count). The minimum Gasteiger partial charge on any atom is -0.361 e. The number of hydrogen-bond donors (Lipinski definition) is 1. The summed E-state index contributed by atoms with van der Waals surface area (Å²) in [7, 11) is 0. The van der Waals surface area contributed by atoms with Crippen molar-refractivity contribution in [1.82, 2.24) is 24.8 Å². The molecule has 154 valence electrons. The number of nitrogens with zero attached hydrogens (tertiary/aromatic N) is 4. The average Bonchev–Trinajstić information content (AvgIpc) is 3.20. The molecule has 0 saturated carbocycles. The molecule has 6 heteroatoms. The van der Waals surface area contributed by atoms with Crippen molar-refractivity contribution >= 4 is 22.4 Å². The van der Waals surface area contributed by atoms with Crippen molar-refractivity contribution in [2.45, 2.75) is 32.9 Å². The lowest BCUT2D eigenvalue weighted by Crippen LogP contribution is -2.49. The molecule has 1 aliphatic heterocycles. The third kappa shape index (κ3) is 3.12. The molecule has 3 heterocycles. The first-order chi connectivity index (χ1) is 14.7. The van der Waals surface area contributed by atoms with Gasteiger partial charge in [-0.25, -0.2) is 9.97 Å². The van der Waals surface area contributed by atoms with Crippen molar-refractivity contribution in [3.63, 3.8) is 0 Å². The van der Waals surface area contributed by atoms with Gasteiger partial charge in [0.25, 0.3) is 0 Å². The summed E-state index contributed by atoms with van der Waals surface area (Å²) in [4.78, 5) is 29.6. The molecule has 0 bridgehead atoms. The molecule has 1 N–H and O–H groups in total. The number of amides is 1. The number of carbonyl (C=O) groups is 1. The number of H-pyrrole nitrogens is 1. The van der Waals surface area contributed by atoms with Crippen LogP contribution in [0.15, 0.2) is 49.1 Å². The third-order valence-corrected chi connectivity index (χ3v) is 6.52. The Morgan fingerprint density at radius 3 is 2.90 bits per heavy atom. The fourth-order valence-corrected chi connectivity index (χ4v) is 5.04. The smallest absolute Gasteiger partial charge is 0.230 e. The lowest BCUT2D eigenvalue weighted by Gasteiger charge is -2.42. The van der Waals surface area contributed by atoms with Crippen molar-refractivity contribution < 1.29 is 4.79 Å². The lowest BCUT2D eigenvalue weighted by atomic mass is 9.79. The second-order valence-electron chi connectivity index (χ2n) is 8.13. The van der Waals surface area contributed by atoms with Gasteiger partial charge in [0.2, 0.25) is 5.91 Å². The molecule has 0 unspecified atom stereocenters. The predicted octanol–water partition coefficient (Wildman–Crippen LogP) is 3.27. The Bertz CT molecular complexity index is 1100. The Hall–Kier alpha value is -2.99. The lowest BCUT2D eigenvalue weighted by molar-refractivity contribution is -0.134. The highest BCUT2D eigenvalue weighted by molar-refractivity contribution is 5.99. The van der Waals surface area contributed by atoms with E-state index in [0.717, 1.165) is 25.2 Å².